The van der Waals surface area contributed by atoms with Gasteiger partial charge in [-0.05, 0) is 24.5 Å². The average Bonchev–Trinajstić information content (AvgIpc) is 3.21. The number of anilines is 1. The summed E-state index contributed by atoms with van der Waals surface area (Å²) in [7, 11) is 1.94. The van der Waals surface area contributed by atoms with Gasteiger partial charge in [-0.3, -0.25) is 4.79 Å². The van der Waals surface area contributed by atoms with E-state index in [4.69, 9.17) is 17.3 Å². The molecule has 0 radical (unpaired) electrons. The molecule has 3 rings (SSSR count). The molecule has 0 bridgehead atoms. The van der Waals surface area contributed by atoms with Gasteiger partial charge in [-0.1, -0.05) is 37.3 Å². The maximum Gasteiger partial charge on any atom is 0.164 e. The zero-order valence-corrected chi connectivity index (χ0v) is 16.5. The predicted molar refractivity (Wildman–Crippen MR) is 110 cm³/mol. The number of aldehydes is 1. The van der Waals surface area contributed by atoms with Crippen molar-refractivity contribution in [1.29, 1.82) is 0 Å². The van der Waals surface area contributed by atoms with Crippen molar-refractivity contribution >= 4 is 35.7 Å². The summed E-state index contributed by atoms with van der Waals surface area (Å²) < 4.78 is 14.5. The van der Waals surface area contributed by atoms with Crippen LogP contribution in [0.15, 0.2) is 23.3 Å². The summed E-state index contributed by atoms with van der Waals surface area (Å²) >= 11 is 5.83. The molecular formula is C20H23ClFN5O. The van der Waals surface area contributed by atoms with E-state index in [0.717, 1.165) is 24.9 Å². The summed E-state index contributed by atoms with van der Waals surface area (Å²) in [5, 5.41) is 0.191. The first-order valence-corrected chi connectivity index (χ1v) is 9.67. The van der Waals surface area contributed by atoms with Crippen LogP contribution in [-0.2, 0) is 0 Å². The van der Waals surface area contributed by atoms with Gasteiger partial charge in [0.1, 0.15) is 16.7 Å². The Hall–Kier alpha value is -2.54. The van der Waals surface area contributed by atoms with Crippen molar-refractivity contribution in [2.24, 2.45) is 10.9 Å². The van der Waals surface area contributed by atoms with Crippen LogP contribution in [0, 0.1) is 11.7 Å². The van der Waals surface area contributed by atoms with Crippen LogP contribution in [0.3, 0.4) is 0 Å². The molecule has 8 heteroatoms. The second kappa shape index (κ2) is 9.10. The number of aromatic nitrogens is 2. The summed E-state index contributed by atoms with van der Waals surface area (Å²) in [6.45, 7) is 0.884. The molecule has 148 valence electrons. The molecule has 1 saturated carbocycles. The number of carbonyl (C=O) groups is 1. The minimum atomic E-state index is -0.627. The van der Waals surface area contributed by atoms with Crippen molar-refractivity contribution in [2.75, 3.05) is 19.3 Å². The Kier molecular flexibility index (Phi) is 6.57. The number of nitrogen functional groups attached to an aromatic ring is 1. The lowest BCUT2D eigenvalue weighted by molar-refractivity contribution is 0.112. The summed E-state index contributed by atoms with van der Waals surface area (Å²) in [6, 6.07) is 2.57. The molecule has 1 aromatic carbocycles. The third-order valence-corrected chi connectivity index (χ3v) is 5.31. The summed E-state index contributed by atoms with van der Waals surface area (Å²) in [5.41, 5.74) is 6.29. The number of carbonyl (C=O) groups excluding carboxylic acids is 1. The predicted octanol–water partition coefficient (Wildman–Crippen LogP) is 4.50. The molecule has 2 N–H and O–H groups in total. The van der Waals surface area contributed by atoms with Crippen molar-refractivity contribution in [2.45, 2.75) is 32.1 Å². The van der Waals surface area contributed by atoms with Crippen LogP contribution in [0.25, 0.3) is 11.4 Å². The number of hydrogen-bond acceptors (Lipinski definition) is 5. The minimum absolute atomic E-state index is 0.0576. The molecule has 28 heavy (non-hydrogen) atoms. The first kappa shape index (κ1) is 20.2. The lowest BCUT2D eigenvalue weighted by atomic mass is 10.0. The summed E-state index contributed by atoms with van der Waals surface area (Å²) in [4.78, 5) is 25.7. The molecule has 1 aliphatic rings. The Morgan fingerprint density at radius 1 is 1.39 bits per heavy atom. The van der Waals surface area contributed by atoms with Crippen LogP contribution >= 0.6 is 11.6 Å². The number of halogens is 2. The molecule has 1 aliphatic carbocycles. The lowest BCUT2D eigenvalue weighted by Crippen LogP contribution is -2.19. The molecule has 0 atom stereocenters. The van der Waals surface area contributed by atoms with Gasteiger partial charge in [0.25, 0.3) is 0 Å². The second-order valence-corrected chi connectivity index (χ2v) is 7.51. The summed E-state index contributed by atoms with van der Waals surface area (Å²) in [5.74, 6) is 0.300. The van der Waals surface area contributed by atoms with Gasteiger partial charge >= 0.3 is 0 Å². The van der Waals surface area contributed by atoms with Crippen LogP contribution in [0.4, 0.5) is 15.9 Å². The maximum atomic E-state index is 14.5. The second-order valence-electron chi connectivity index (χ2n) is 7.10. The van der Waals surface area contributed by atoms with E-state index < -0.39 is 5.82 Å². The number of rotatable bonds is 7. The van der Waals surface area contributed by atoms with Gasteiger partial charge in [0, 0.05) is 19.2 Å². The van der Waals surface area contributed by atoms with E-state index in [-0.39, 0.29) is 27.8 Å². The van der Waals surface area contributed by atoms with Gasteiger partial charge in [-0.2, -0.15) is 0 Å². The molecule has 1 heterocycles. The molecule has 2 aromatic rings. The fourth-order valence-electron chi connectivity index (χ4n) is 3.37. The van der Waals surface area contributed by atoms with E-state index in [1.807, 2.05) is 11.9 Å². The standard InChI is InChI=1S/C20H23ClFN5O/c1-27(7-6-13-4-2-3-5-13)12-25-18-9-15(17(22)8-14(18)11-28)20-24-10-16(21)19(23)26-20/h8-13H,2-7H2,1H3,(H2,23,24,26). The number of aliphatic imine (C=N–C) groups is 1. The number of nitrogens with two attached hydrogens (primary N) is 1. The normalized spacial score (nSPS) is 14.7. The molecule has 0 unspecified atom stereocenters. The SMILES string of the molecule is CN(C=Nc1cc(-c2ncc(Cl)c(N)n2)c(F)cc1C=O)CCC1CCCC1. The highest BCUT2D eigenvalue weighted by atomic mass is 35.5. The van der Waals surface area contributed by atoms with Crippen LogP contribution in [0.5, 0.6) is 0 Å². The van der Waals surface area contributed by atoms with Crippen LogP contribution in [-0.4, -0.2) is 41.1 Å². The molecular weight excluding hydrogens is 381 g/mol. The van der Waals surface area contributed by atoms with E-state index in [0.29, 0.717) is 12.0 Å². The van der Waals surface area contributed by atoms with E-state index in [9.17, 15) is 9.18 Å². The largest absolute Gasteiger partial charge is 0.382 e. The first-order valence-electron chi connectivity index (χ1n) is 9.29. The molecule has 0 spiro atoms. The first-order chi connectivity index (χ1) is 13.5. The van der Waals surface area contributed by atoms with Gasteiger partial charge in [0.2, 0.25) is 0 Å². The van der Waals surface area contributed by atoms with Crippen molar-refractivity contribution in [3.8, 4) is 11.4 Å². The number of nitrogens with zero attached hydrogens (tertiary/aromatic N) is 4. The van der Waals surface area contributed by atoms with Crippen LogP contribution < -0.4 is 5.73 Å². The Bertz CT molecular complexity index is 883. The number of hydrogen-bond donors (Lipinski definition) is 1. The van der Waals surface area contributed by atoms with E-state index in [1.165, 1.54) is 37.9 Å². The topological polar surface area (TPSA) is 84.5 Å². The Morgan fingerprint density at radius 2 is 2.14 bits per heavy atom. The van der Waals surface area contributed by atoms with Gasteiger partial charge in [0.05, 0.1) is 23.8 Å². The Morgan fingerprint density at radius 3 is 2.82 bits per heavy atom. The van der Waals surface area contributed by atoms with E-state index in [1.54, 1.807) is 6.34 Å². The van der Waals surface area contributed by atoms with Gasteiger partial charge in [-0.15, -0.1) is 0 Å². The highest BCUT2D eigenvalue weighted by Crippen LogP contribution is 2.30. The maximum absolute atomic E-state index is 14.5. The van der Waals surface area contributed by atoms with Crippen molar-refractivity contribution < 1.29 is 9.18 Å². The van der Waals surface area contributed by atoms with Crippen LogP contribution in [0.1, 0.15) is 42.5 Å². The molecule has 1 fully saturated rings. The monoisotopic (exact) mass is 403 g/mol. The van der Waals surface area contributed by atoms with Crippen molar-refractivity contribution in [3.63, 3.8) is 0 Å². The van der Waals surface area contributed by atoms with E-state index in [2.05, 4.69) is 15.0 Å². The van der Waals surface area contributed by atoms with Gasteiger partial charge in [-0.25, -0.2) is 19.4 Å². The fraction of sp³-hybridized carbons (Fsp3) is 0.400. The number of benzene rings is 1. The quantitative estimate of drug-likeness (QED) is 0.418. The molecule has 0 amide bonds. The van der Waals surface area contributed by atoms with E-state index >= 15 is 0 Å². The zero-order chi connectivity index (χ0) is 20.1. The molecule has 6 nitrogen and oxygen atoms in total. The average molecular weight is 404 g/mol. The van der Waals surface area contributed by atoms with Crippen LogP contribution in [0.2, 0.25) is 5.02 Å². The minimum Gasteiger partial charge on any atom is -0.382 e. The molecule has 1 aromatic heterocycles. The van der Waals surface area contributed by atoms with Crippen molar-refractivity contribution in [3.05, 3.63) is 34.7 Å². The van der Waals surface area contributed by atoms with Crippen molar-refractivity contribution in [1.82, 2.24) is 14.9 Å². The zero-order valence-electron chi connectivity index (χ0n) is 15.7. The Labute approximate surface area is 168 Å². The highest BCUT2D eigenvalue weighted by Gasteiger charge is 2.16. The smallest absolute Gasteiger partial charge is 0.164 e. The third-order valence-electron chi connectivity index (χ3n) is 5.01. The molecule has 0 aliphatic heterocycles. The Balaban J connectivity index is 1.80. The summed E-state index contributed by atoms with van der Waals surface area (Å²) in [6.07, 6.45) is 9.91. The highest BCUT2D eigenvalue weighted by molar-refractivity contribution is 6.32. The van der Waals surface area contributed by atoms with Gasteiger partial charge in [0.15, 0.2) is 12.1 Å². The fourth-order valence-corrected chi connectivity index (χ4v) is 3.46. The van der Waals surface area contributed by atoms with Gasteiger partial charge < -0.3 is 10.6 Å². The lowest BCUT2D eigenvalue weighted by Gasteiger charge is -2.16. The molecule has 0 saturated heterocycles. The third kappa shape index (κ3) is 4.84.